The standard InChI is InChI=1S/C9H15NO4/c1-3-14-9(12)10-5-4-7(6-10)8(11)13-2/h7H,3-6H2,1-2H3/t7-/m1/s1. The Labute approximate surface area is 83.0 Å². The van der Waals surface area contributed by atoms with Gasteiger partial charge in [0, 0.05) is 13.1 Å². The molecule has 80 valence electrons. The molecule has 1 atom stereocenters. The summed E-state index contributed by atoms with van der Waals surface area (Å²) in [7, 11) is 1.36. The summed E-state index contributed by atoms with van der Waals surface area (Å²) in [5.41, 5.74) is 0. The molecule has 1 fully saturated rings. The molecule has 5 heteroatoms. The molecule has 1 aliphatic rings. The largest absolute Gasteiger partial charge is 0.469 e. The molecule has 0 aromatic heterocycles. The number of carbonyl (C=O) groups excluding carboxylic acids is 2. The van der Waals surface area contributed by atoms with Crippen LogP contribution >= 0.6 is 0 Å². The van der Waals surface area contributed by atoms with Gasteiger partial charge in [-0.1, -0.05) is 0 Å². The number of methoxy groups -OCH3 is 1. The molecular formula is C9H15NO4. The first-order chi connectivity index (χ1) is 6.69. The van der Waals surface area contributed by atoms with Gasteiger partial charge < -0.3 is 14.4 Å². The molecule has 0 aromatic carbocycles. The number of amides is 1. The number of hydrogen-bond donors (Lipinski definition) is 0. The van der Waals surface area contributed by atoms with Crippen molar-refractivity contribution in [3.05, 3.63) is 0 Å². The number of ether oxygens (including phenoxy) is 2. The molecule has 1 aliphatic heterocycles. The van der Waals surface area contributed by atoms with Crippen molar-refractivity contribution >= 4 is 12.1 Å². The highest BCUT2D eigenvalue weighted by atomic mass is 16.6. The van der Waals surface area contributed by atoms with E-state index in [0.717, 1.165) is 0 Å². The van der Waals surface area contributed by atoms with Crippen molar-refractivity contribution in [1.29, 1.82) is 0 Å². The van der Waals surface area contributed by atoms with Crippen LogP contribution in [-0.2, 0) is 14.3 Å². The van der Waals surface area contributed by atoms with Crippen molar-refractivity contribution in [1.82, 2.24) is 4.90 Å². The third-order valence-corrected chi connectivity index (χ3v) is 2.25. The van der Waals surface area contributed by atoms with E-state index in [9.17, 15) is 9.59 Å². The average molecular weight is 201 g/mol. The molecule has 1 rings (SSSR count). The molecule has 0 aromatic rings. The van der Waals surface area contributed by atoms with E-state index in [2.05, 4.69) is 4.74 Å². The fraction of sp³-hybridized carbons (Fsp3) is 0.778. The van der Waals surface area contributed by atoms with E-state index < -0.39 is 0 Å². The van der Waals surface area contributed by atoms with Gasteiger partial charge in [-0.3, -0.25) is 4.79 Å². The van der Waals surface area contributed by atoms with Crippen molar-refractivity contribution < 1.29 is 19.1 Å². The van der Waals surface area contributed by atoms with Crippen LogP contribution in [0.15, 0.2) is 0 Å². The molecule has 1 saturated heterocycles. The second-order valence-electron chi connectivity index (χ2n) is 3.15. The van der Waals surface area contributed by atoms with Crippen LogP contribution in [0, 0.1) is 5.92 Å². The lowest BCUT2D eigenvalue weighted by Gasteiger charge is -2.14. The summed E-state index contributed by atoms with van der Waals surface area (Å²) in [4.78, 5) is 23.9. The second kappa shape index (κ2) is 4.83. The van der Waals surface area contributed by atoms with E-state index in [4.69, 9.17) is 4.74 Å². The molecule has 1 heterocycles. The zero-order valence-electron chi connectivity index (χ0n) is 8.49. The van der Waals surface area contributed by atoms with Gasteiger partial charge in [0.15, 0.2) is 0 Å². The summed E-state index contributed by atoms with van der Waals surface area (Å²) < 4.78 is 9.43. The number of hydrogen-bond acceptors (Lipinski definition) is 4. The topological polar surface area (TPSA) is 55.8 Å². The Balaban J connectivity index is 2.41. The van der Waals surface area contributed by atoms with Crippen molar-refractivity contribution in [2.75, 3.05) is 26.8 Å². The molecule has 0 unspecified atom stereocenters. The van der Waals surface area contributed by atoms with Gasteiger partial charge in [-0.2, -0.15) is 0 Å². The molecule has 14 heavy (non-hydrogen) atoms. The van der Waals surface area contributed by atoms with Crippen LogP contribution in [0.1, 0.15) is 13.3 Å². The lowest BCUT2D eigenvalue weighted by atomic mass is 10.1. The Hall–Kier alpha value is -1.26. The fourth-order valence-electron chi connectivity index (χ4n) is 1.50. The van der Waals surface area contributed by atoms with Crippen molar-refractivity contribution in [3.63, 3.8) is 0 Å². The van der Waals surface area contributed by atoms with Gasteiger partial charge in [-0.15, -0.1) is 0 Å². The molecule has 5 nitrogen and oxygen atoms in total. The lowest BCUT2D eigenvalue weighted by molar-refractivity contribution is -0.144. The molecule has 0 aliphatic carbocycles. The van der Waals surface area contributed by atoms with E-state index in [-0.39, 0.29) is 18.0 Å². The van der Waals surface area contributed by atoms with E-state index >= 15 is 0 Å². The number of esters is 1. The highest BCUT2D eigenvalue weighted by Gasteiger charge is 2.32. The number of likely N-dealkylation sites (tertiary alicyclic amines) is 1. The smallest absolute Gasteiger partial charge is 0.409 e. The predicted octanol–water partition coefficient (Wildman–Crippen LogP) is 0.638. The Morgan fingerprint density at radius 2 is 2.21 bits per heavy atom. The van der Waals surface area contributed by atoms with Crippen molar-refractivity contribution in [3.8, 4) is 0 Å². The summed E-state index contributed by atoms with van der Waals surface area (Å²) in [6.07, 6.45) is 0.310. The Morgan fingerprint density at radius 3 is 2.79 bits per heavy atom. The molecule has 0 radical (unpaired) electrons. The first-order valence-corrected chi connectivity index (χ1v) is 4.68. The van der Waals surface area contributed by atoms with Crippen molar-refractivity contribution in [2.24, 2.45) is 5.92 Å². The monoisotopic (exact) mass is 201 g/mol. The SMILES string of the molecule is CCOC(=O)N1CC[C@@H](C(=O)OC)C1. The van der Waals surface area contributed by atoms with E-state index in [1.807, 2.05) is 0 Å². The van der Waals surface area contributed by atoms with E-state index in [0.29, 0.717) is 26.1 Å². The molecule has 0 N–H and O–H groups in total. The zero-order chi connectivity index (χ0) is 10.6. The van der Waals surface area contributed by atoms with Crippen LogP contribution in [0.5, 0.6) is 0 Å². The van der Waals surface area contributed by atoms with E-state index in [1.54, 1.807) is 6.92 Å². The lowest BCUT2D eigenvalue weighted by Crippen LogP contribution is -2.30. The minimum atomic E-state index is -0.348. The van der Waals surface area contributed by atoms with Gasteiger partial charge in [0.25, 0.3) is 0 Å². The third-order valence-electron chi connectivity index (χ3n) is 2.25. The average Bonchev–Trinajstić information content (AvgIpc) is 2.66. The third kappa shape index (κ3) is 2.37. The molecule has 0 bridgehead atoms. The van der Waals surface area contributed by atoms with Crippen LogP contribution in [0.25, 0.3) is 0 Å². The fourth-order valence-corrected chi connectivity index (χ4v) is 1.50. The van der Waals surface area contributed by atoms with E-state index in [1.165, 1.54) is 12.0 Å². The van der Waals surface area contributed by atoms with Crippen molar-refractivity contribution in [2.45, 2.75) is 13.3 Å². The van der Waals surface area contributed by atoms with Crippen LogP contribution in [0.3, 0.4) is 0 Å². The summed E-state index contributed by atoms with van der Waals surface area (Å²) in [5.74, 6) is -0.443. The Morgan fingerprint density at radius 1 is 1.50 bits per heavy atom. The highest BCUT2D eigenvalue weighted by Crippen LogP contribution is 2.17. The van der Waals surface area contributed by atoms with Gasteiger partial charge in [-0.05, 0) is 13.3 Å². The number of carbonyl (C=O) groups is 2. The minimum Gasteiger partial charge on any atom is -0.469 e. The first kappa shape index (κ1) is 10.8. The minimum absolute atomic E-state index is 0.190. The van der Waals surface area contributed by atoms with Crippen LogP contribution in [-0.4, -0.2) is 43.8 Å². The maximum atomic E-state index is 11.3. The maximum absolute atomic E-state index is 11.3. The molecule has 1 amide bonds. The maximum Gasteiger partial charge on any atom is 0.409 e. The Bertz CT molecular complexity index is 229. The number of nitrogens with zero attached hydrogens (tertiary/aromatic N) is 1. The molecular weight excluding hydrogens is 186 g/mol. The van der Waals surface area contributed by atoms with Crippen LogP contribution in [0.2, 0.25) is 0 Å². The van der Waals surface area contributed by atoms with Gasteiger partial charge in [0.1, 0.15) is 0 Å². The number of rotatable bonds is 2. The first-order valence-electron chi connectivity index (χ1n) is 4.68. The predicted molar refractivity (Wildman–Crippen MR) is 48.7 cm³/mol. The van der Waals surface area contributed by atoms with Gasteiger partial charge in [0.05, 0.1) is 19.6 Å². The molecule has 0 spiro atoms. The Kier molecular flexibility index (Phi) is 3.73. The summed E-state index contributed by atoms with van der Waals surface area (Å²) in [6, 6.07) is 0. The summed E-state index contributed by atoms with van der Waals surface area (Å²) in [5, 5.41) is 0. The van der Waals surface area contributed by atoms with Gasteiger partial charge >= 0.3 is 12.1 Å². The normalized spacial score (nSPS) is 20.7. The second-order valence-corrected chi connectivity index (χ2v) is 3.15. The van der Waals surface area contributed by atoms with Crippen LogP contribution < -0.4 is 0 Å². The summed E-state index contributed by atoms with van der Waals surface area (Å²) in [6.45, 7) is 3.09. The van der Waals surface area contributed by atoms with Crippen LogP contribution in [0.4, 0.5) is 4.79 Å². The molecule has 0 saturated carbocycles. The quantitative estimate of drug-likeness (QED) is 0.615. The highest BCUT2D eigenvalue weighted by molar-refractivity contribution is 5.75. The summed E-state index contributed by atoms with van der Waals surface area (Å²) >= 11 is 0. The zero-order valence-corrected chi connectivity index (χ0v) is 8.49. The van der Waals surface area contributed by atoms with Gasteiger partial charge in [0.2, 0.25) is 0 Å². The van der Waals surface area contributed by atoms with Gasteiger partial charge in [-0.25, -0.2) is 4.79 Å².